The topological polar surface area (TPSA) is 93.8 Å². The van der Waals surface area contributed by atoms with Gasteiger partial charge in [0.1, 0.15) is 18.1 Å². The molecule has 2 N–H and O–H groups in total. The van der Waals surface area contributed by atoms with Crippen LogP contribution in [0.15, 0.2) is 108 Å². The quantitative estimate of drug-likeness (QED) is 0.191. The number of piperidine rings is 1. The standard InChI is InChI=1S/C32H30N2O3.C2HF3O2/c1-2-7-26(8-3-1)31-19-29(37-34-31)22-35-28-14-12-25(13-15-28)30-16-17-33-20-32(30)36-21-23-10-11-24-6-4-5-9-27(24)18-23;3-2(4,5)1(6)7/h1-15,18-19,30,32-33H,16-17,20-22H2;(H,6,7). The van der Waals surface area contributed by atoms with Crippen LogP contribution in [0.25, 0.3) is 22.0 Å². The van der Waals surface area contributed by atoms with Gasteiger partial charge in [-0.2, -0.15) is 13.2 Å². The molecular weight excluding hydrogens is 573 g/mol. The minimum Gasteiger partial charge on any atom is -0.486 e. The lowest BCUT2D eigenvalue weighted by Crippen LogP contribution is -2.40. The average Bonchev–Trinajstić information content (AvgIpc) is 3.53. The number of halogens is 3. The van der Waals surface area contributed by atoms with Gasteiger partial charge in [-0.3, -0.25) is 0 Å². The molecule has 44 heavy (non-hydrogen) atoms. The molecule has 1 saturated heterocycles. The van der Waals surface area contributed by atoms with Crippen molar-refractivity contribution in [1.29, 1.82) is 0 Å². The molecule has 0 saturated carbocycles. The van der Waals surface area contributed by atoms with Gasteiger partial charge >= 0.3 is 12.1 Å². The summed E-state index contributed by atoms with van der Waals surface area (Å²) < 4.78 is 49.6. The van der Waals surface area contributed by atoms with E-state index in [1.165, 1.54) is 21.9 Å². The van der Waals surface area contributed by atoms with E-state index < -0.39 is 12.1 Å². The first-order chi connectivity index (χ1) is 21.3. The van der Waals surface area contributed by atoms with E-state index in [1.807, 2.05) is 48.5 Å². The van der Waals surface area contributed by atoms with Crippen LogP contribution in [-0.2, 0) is 22.7 Å². The summed E-state index contributed by atoms with van der Waals surface area (Å²) in [5.74, 6) is -0.904. The number of hydrogen-bond donors (Lipinski definition) is 2. The van der Waals surface area contributed by atoms with Crippen molar-refractivity contribution in [3.63, 3.8) is 0 Å². The molecule has 7 nitrogen and oxygen atoms in total. The number of nitrogens with one attached hydrogen (secondary N) is 1. The van der Waals surface area contributed by atoms with Crippen LogP contribution in [0, 0.1) is 0 Å². The average molecular weight is 605 g/mol. The van der Waals surface area contributed by atoms with E-state index in [2.05, 4.69) is 65.1 Å². The van der Waals surface area contributed by atoms with E-state index in [-0.39, 0.29) is 6.10 Å². The number of hydrogen-bond acceptors (Lipinski definition) is 6. The van der Waals surface area contributed by atoms with Gasteiger partial charge in [-0.05, 0) is 53.1 Å². The highest BCUT2D eigenvalue weighted by Gasteiger charge is 2.38. The zero-order chi connectivity index (χ0) is 30.9. The molecule has 0 aliphatic carbocycles. The summed E-state index contributed by atoms with van der Waals surface area (Å²) in [6.07, 6.45) is -3.92. The molecule has 2 unspecified atom stereocenters. The normalized spacial score (nSPS) is 16.6. The molecule has 1 aliphatic rings. The van der Waals surface area contributed by atoms with E-state index >= 15 is 0 Å². The SMILES string of the molecule is O=C(O)C(F)(F)F.c1ccc(-c2cc(COc3ccc(C4CCNCC4OCc4ccc5ccccc5c4)cc3)on2)cc1. The molecule has 1 fully saturated rings. The summed E-state index contributed by atoms with van der Waals surface area (Å²) in [7, 11) is 0. The second-order valence-electron chi connectivity index (χ2n) is 10.3. The largest absolute Gasteiger partial charge is 0.490 e. The summed E-state index contributed by atoms with van der Waals surface area (Å²) in [5, 5.41) is 17.3. The van der Waals surface area contributed by atoms with Crippen molar-refractivity contribution in [3.05, 3.63) is 120 Å². The Morgan fingerprint density at radius 2 is 1.61 bits per heavy atom. The Bertz CT molecular complexity index is 1660. The highest BCUT2D eigenvalue weighted by molar-refractivity contribution is 5.82. The highest BCUT2D eigenvalue weighted by Crippen LogP contribution is 2.30. The zero-order valence-corrected chi connectivity index (χ0v) is 23.7. The van der Waals surface area contributed by atoms with Gasteiger partial charge in [0.05, 0.1) is 12.7 Å². The summed E-state index contributed by atoms with van der Waals surface area (Å²) >= 11 is 0. The molecule has 10 heteroatoms. The second kappa shape index (κ2) is 14.2. The molecule has 2 atom stereocenters. The van der Waals surface area contributed by atoms with Gasteiger partial charge < -0.3 is 24.4 Å². The molecule has 2 heterocycles. The van der Waals surface area contributed by atoms with Gasteiger partial charge in [0.15, 0.2) is 5.76 Å². The summed E-state index contributed by atoms with van der Waals surface area (Å²) in [5.41, 5.74) is 4.33. The van der Waals surface area contributed by atoms with E-state index in [0.29, 0.717) is 24.9 Å². The summed E-state index contributed by atoms with van der Waals surface area (Å²) in [4.78, 5) is 8.90. The molecule has 6 rings (SSSR count). The predicted molar refractivity (Wildman–Crippen MR) is 159 cm³/mol. The number of ether oxygens (including phenoxy) is 2. The lowest BCUT2D eigenvalue weighted by molar-refractivity contribution is -0.192. The van der Waals surface area contributed by atoms with Crippen molar-refractivity contribution in [2.24, 2.45) is 0 Å². The van der Waals surface area contributed by atoms with E-state index in [0.717, 1.165) is 36.5 Å². The summed E-state index contributed by atoms with van der Waals surface area (Å²) in [6, 6.07) is 35.3. The van der Waals surface area contributed by atoms with Crippen molar-refractivity contribution < 1.29 is 37.1 Å². The molecule has 0 amide bonds. The molecule has 0 spiro atoms. The van der Waals surface area contributed by atoms with Crippen LogP contribution >= 0.6 is 0 Å². The highest BCUT2D eigenvalue weighted by atomic mass is 19.4. The Kier molecular flexibility index (Phi) is 9.93. The third-order valence-corrected chi connectivity index (χ3v) is 7.26. The predicted octanol–water partition coefficient (Wildman–Crippen LogP) is 7.37. The first-order valence-corrected chi connectivity index (χ1v) is 14.1. The van der Waals surface area contributed by atoms with E-state index in [1.54, 1.807) is 0 Å². The lowest BCUT2D eigenvalue weighted by atomic mass is 9.87. The fourth-order valence-electron chi connectivity index (χ4n) is 5.01. The third kappa shape index (κ3) is 8.24. The number of fused-ring (bicyclic) bond motifs is 1. The van der Waals surface area contributed by atoms with Gasteiger partial charge in [0.2, 0.25) is 0 Å². The molecule has 4 aromatic carbocycles. The van der Waals surface area contributed by atoms with Crippen molar-refractivity contribution in [1.82, 2.24) is 10.5 Å². The monoisotopic (exact) mass is 604 g/mol. The van der Waals surface area contributed by atoms with Crippen molar-refractivity contribution in [3.8, 4) is 17.0 Å². The Morgan fingerprint density at radius 1 is 0.909 bits per heavy atom. The minimum absolute atomic E-state index is 0.123. The fraction of sp³-hybridized carbons (Fsp3) is 0.235. The van der Waals surface area contributed by atoms with Crippen LogP contribution in [0.2, 0.25) is 0 Å². The molecule has 1 aliphatic heterocycles. The number of aliphatic carboxylic acids is 1. The third-order valence-electron chi connectivity index (χ3n) is 7.26. The van der Waals surface area contributed by atoms with Crippen LogP contribution in [0.3, 0.4) is 0 Å². The lowest BCUT2D eigenvalue weighted by Gasteiger charge is -2.32. The fourth-order valence-corrected chi connectivity index (χ4v) is 5.01. The first kappa shape index (κ1) is 30.8. The molecule has 0 radical (unpaired) electrons. The Balaban J connectivity index is 0.000000493. The number of alkyl halides is 3. The first-order valence-electron chi connectivity index (χ1n) is 14.1. The van der Waals surface area contributed by atoms with Gasteiger partial charge in [-0.15, -0.1) is 0 Å². The van der Waals surface area contributed by atoms with Crippen LogP contribution < -0.4 is 10.1 Å². The number of carboxylic acids is 1. The number of carboxylic acid groups (broad SMARTS) is 1. The molecular formula is C34H31F3N2O5. The Morgan fingerprint density at radius 3 is 2.34 bits per heavy atom. The number of aromatic nitrogens is 1. The van der Waals surface area contributed by atoms with Gasteiger partial charge in [0.25, 0.3) is 0 Å². The van der Waals surface area contributed by atoms with E-state index in [9.17, 15) is 13.2 Å². The molecule has 1 aromatic heterocycles. The molecule has 5 aromatic rings. The van der Waals surface area contributed by atoms with Crippen molar-refractivity contribution >= 4 is 16.7 Å². The van der Waals surface area contributed by atoms with Crippen molar-refractivity contribution in [2.45, 2.75) is 37.8 Å². The summed E-state index contributed by atoms with van der Waals surface area (Å²) in [6.45, 7) is 2.79. The maximum Gasteiger partial charge on any atom is 0.490 e. The van der Waals surface area contributed by atoms with Gasteiger partial charge in [0, 0.05) is 24.1 Å². The van der Waals surface area contributed by atoms with Crippen LogP contribution in [0.1, 0.15) is 29.2 Å². The minimum atomic E-state index is -5.08. The molecule has 228 valence electrons. The van der Waals surface area contributed by atoms with E-state index in [4.69, 9.17) is 23.9 Å². The van der Waals surface area contributed by atoms with Crippen LogP contribution in [0.5, 0.6) is 5.75 Å². The maximum atomic E-state index is 10.6. The second-order valence-corrected chi connectivity index (χ2v) is 10.3. The van der Waals surface area contributed by atoms with Gasteiger partial charge in [-0.1, -0.05) is 84.0 Å². The Labute approximate surface area is 252 Å². The maximum absolute atomic E-state index is 10.6. The number of carbonyl (C=O) groups is 1. The number of nitrogens with zero attached hydrogens (tertiary/aromatic N) is 1. The Hall–Kier alpha value is -4.67. The van der Waals surface area contributed by atoms with Gasteiger partial charge in [-0.25, -0.2) is 4.79 Å². The number of rotatable bonds is 8. The smallest absolute Gasteiger partial charge is 0.486 e. The van der Waals surface area contributed by atoms with Crippen LogP contribution in [-0.4, -0.2) is 41.6 Å². The zero-order valence-electron chi connectivity index (χ0n) is 23.7. The number of benzene rings is 4. The molecule has 0 bridgehead atoms. The van der Waals surface area contributed by atoms with Crippen LogP contribution in [0.4, 0.5) is 13.2 Å². The van der Waals surface area contributed by atoms with Crippen molar-refractivity contribution in [2.75, 3.05) is 13.1 Å².